The van der Waals surface area contributed by atoms with E-state index in [4.69, 9.17) is 0 Å². The highest BCUT2D eigenvalue weighted by Crippen LogP contribution is 2.18. The Morgan fingerprint density at radius 3 is 2.65 bits per heavy atom. The number of nitrogens with zero attached hydrogens (tertiary/aromatic N) is 2. The molecule has 1 fully saturated rings. The molecule has 5 nitrogen and oxygen atoms in total. The molecule has 1 heterocycles. The van der Waals surface area contributed by atoms with Gasteiger partial charge in [-0.1, -0.05) is 42.5 Å². The van der Waals surface area contributed by atoms with E-state index in [0.29, 0.717) is 5.96 Å². The minimum Gasteiger partial charge on any atom is -0.357 e. The van der Waals surface area contributed by atoms with Gasteiger partial charge in [-0.25, -0.2) is 4.99 Å². The molecule has 0 radical (unpaired) electrons. The van der Waals surface area contributed by atoms with Crippen LogP contribution >= 0.6 is 0 Å². The summed E-state index contributed by atoms with van der Waals surface area (Å²) < 4.78 is 0. The zero-order valence-electron chi connectivity index (χ0n) is 15.5. The lowest BCUT2D eigenvalue weighted by atomic mass is 10.0. The summed E-state index contributed by atoms with van der Waals surface area (Å²) in [7, 11) is 0. The van der Waals surface area contributed by atoms with Gasteiger partial charge in [0.25, 0.3) is 0 Å². The standard InChI is InChI=1S/C21H28N4O/c1-2-22-21(24-16-20(26)25-14-5-6-15-25)23-13-12-18-10-7-9-17-8-3-4-11-19(17)18/h3-4,7-11H,2,5-6,12-16H2,1H3,(H2,22,23,24). The quantitative estimate of drug-likeness (QED) is 0.621. The molecule has 0 saturated carbocycles. The van der Waals surface area contributed by atoms with Crippen LogP contribution in [0.5, 0.6) is 0 Å². The van der Waals surface area contributed by atoms with E-state index in [9.17, 15) is 4.79 Å². The van der Waals surface area contributed by atoms with Crippen LogP contribution in [0.2, 0.25) is 0 Å². The highest BCUT2D eigenvalue weighted by atomic mass is 16.2. The summed E-state index contributed by atoms with van der Waals surface area (Å²) in [4.78, 5) is 18.5. The first-order valence-electron chi connectivity index (χ1n) is 9.54. The molecule has 1 aliphatic heterocycles. The van der Waals surface area contributed by atoms with Crippen molar-refractivity contribution >= 4 is 22.6 Å². The Kier molecular flexibility index (Phi) is 6.47. The first-order chi connectivity index (χ1) is 12.8. The number of nitrogens with one attached hydrogen (secondary N) is 2. The van der Waals surface area contributed by atoms with Gasteiger partial charge < -0.3 is 15.5 Å². The molecule has 1 amide bonds. The normalized spacial score (nSPS) is 14.7. The van der Waals surface area contributed by atoms with Crippen LogP contribution in [0.1, 0.15) is 25.3 Å². The van der Waals surface area contributed by atoms with Gasteiger partial charge in [-0.05, 0) is 42.5 Å². The predicted octanol–water partition coefficient (Wildman–Crippen LogP) is 2.56. The third-order valence-electron chi connectivity index (χ3n) is 4.74. The van der Waals surface area contributed by atoms with Gasteiger partial charge in [0.2, 0.25) is 5.91 Å². The number of fused-ring (bicyclic) bond motifs is 1. The predicted molar refractivity (Wildman–Crippen MR) is 107 cm³/mol. The molecule has 138 valence electrons. The van der Waals surface area contributed by atoms with Crippen LogP contribution in [-0.2, 0) is 11.2 Å². The number of hydrogen-bond donors (Lipinski definition) is 2. The number of hydrogen-bond acceptors (Lipinski definition) is 2. The molecule has 0 aromatic heterocycles. The summed E-state index contributed by atoms with van der Waals surface area (Å²) in [6.45, 7) is 5.54. The van der Waals surface area contributed by atoms with Crippen molar-refractivity contribution in [3.05, 3.63) is 48.0 Å². The van der Waals surface area contributed by atoms with Gasteiger partial charge in [0.05, 0.1) is 0 Å². The molecule has 2 aromatic rings. The van der Waals surface area contributed by atoms with Crippen LogP contribution in [0, 0.1) is 0 Å². The number of benzene rings is 2. The Hall–Kier alpha value is -2.56. The van der Waals surface area contributed by atoms with Crippen LogP contribution in [-0.4, -0.2) is 49.5 Å². The van der Waals surface area contributed by atoms with E-state index in [0.717, 1.165) is 45.4 Å². The molecule has 0 unspecified atom stereocenters. The van der Waals surface area contributed by atoms with Crippen LogP contribution in [0.3, 0.4) is 0 Å². The molecule has 3 rings (SSSR count). The smallest absolute Gasteiger partial charge is 0.244 e. The molecule has 5 heteroatoms. The van der Waals surface area contributed by atoms with Gasteiger partial charge >= 0.3 is 0 Å². The maximum absolute atomic E-state index is 12.2. The number of likely N-dealkylation sites (tertiary alicyclic amines) is 1. The van der Waals surface area contributed by atoms with E-state index in [1.807, 2.05) is 11.8 Å². The number of carbonyl (C=O) groups is 1. The Balaban J connectivity index is 1.56. The summed E-state index contributed by atoms with van der Waals surface area (Å²) in [5, 5.41) is 9.13. The van der Waals surface area contributed by atoms with Gasteiger partial charge in [-0.3, -0.25) is 4.79 Å². The monoisotopic (exact) mass is 352 g/mol. The summed E-state index contributed by atoms with van der Waals surface area (Å²) in [5.41, 5.74) is 1.32. The van der Waals surface area contributed by atoms with Crippen molar-refractivity contribution in [3.8, 4) is 0 Å². The first kappa shape index (κ1) is 18.2. The van der Waals surface area contributed by atoms with Crippen molar-refractivity contribution in [1.82, 2.24) is 15.5 Å². The Morgan fingerprint density at radius 1 is 1.08 bits per heavy atom. The fraction of sp³-hybridized carbons (Fsp3) is 0.429. The van der Waals surface area contributed by atoms with Crippen molar-refractivity contribution in [2.45, 2.75) is 26.2 Å². The molecule has 2 aromatic carbocycles. The van der Waals surface area contributed by atoms with Gasteiger partial charge in [0.15, 0.2) is 5.96 Å². The molecule has 26 heavy (non-hydrogen) atoms. The average molecular weight is 352 g/mol. The highest BCUT2D eigenvalue weighted by Gasteiger charge is 2.17. The van der Waals surface area contributed by atoms with Crippen LogP contribution in [0.25, 0.3) is 10.8 Å². The van der Waals surface area contributed by atoms with E-state index in [-0.39, 0.29) is 12.5 Å². The van der Waals surface area contributed by atoms with Crippen LogP contribution < -0.4 is 10.6 Å². The molecule has 2 N–H and O–H groups in total. The largest absolute Gasteiger partial charge is 0.357 e. The van der Waals surface area contributed by atoms with E-state index in [2.05, 4.69) is 58.1 Å². The van der Waals surface area contributed by atoms with Crippen LogP contribution in [0.15, 0.2) is 47.5 Å². The fourth-order valence-electron chi connectivity index (χ4n) is 3.38. The summed E-state index contributed by atoms with van der Waals surface area (Å²) >= 11 is 0. The Bertz CT molecular complexity index is 760. The molecule has 0 spiro atoms. The number of aliphatic imine (C=N–C) groups is 1. The topological polar surface area (TPSA) is 56.7 Å². The maximum Gasteiger partial charge on any atom is 0.244 e. The first-order valence-corrected chi connectivity index (χ1v) is 9.54. The van der Waals surface area contributed by atoms with Crippen molar-refractivity contribution in [1.29, 1.82) is 0 Å². The summed E-state index contributed by atoms with van der Waals surface area (Å²) in [6.07, 6.45) is 3.13. The third-order valence-corrected chi connectivity index (χ3v) is 4.74. The van der Waals surface area contributed by atoms with Crippen molar-refractivity contribution < 1.29 is 4.79 Å². The lowest BCUT2D eigenvalue weighted by molar-refractivity contribution is -0.128. The van der Waals surface area contributed by atoms with Crippen molar-refractivity contribution in [2.24, 2.45) is 4.99 Å². The zero-order valence-corrected chi connectivity index (χ0v) is 15.5. The second kappa shape index (κ2) is 9.22. The minimum atomic E-state index is 0.119. The van der Waals surface area contributed by atoms with E-state index in [1.54, 1.807) is 0 Å². The van der Waals surface area contributed by atoms with Gasteiger partial charge in [0, 0.05) is 26.2 Å². The molecular formula is C21H28N4O. The van der Waals surface area contributed by atoms with E-state index in [1.165, 1.54) is 16.3 Å². The number of amides is 1. The second-order valence-electron chi connectivity index (χ2n) is 6.60. The number of rotatable bonds is 6. The summed E-state index contributed by atoms with van der Waals surface area (Å²) in [6, 6.07) is 14.9. The molecule has 1 aliphatic rings. The zero-order chi connectivity index (χ0) is 18.2. The minimum absolute atomic E-state index is 0.119. The van der Waals surface area contributed by atoms with Gasteiger partial charge in [-0.2, -0.15) is 0 Å². The number of carbonyl (C=O) groups excluding carboxylic acids is 1. The van der Waals surface area contributed by atoms with Crippen LogP contribution in [0.4, 0.5) is 0 Å². The molecule has 0 bridgehead atoms. The second-order valence-corrected chi connectivity index (χ2v) is 6.60. The number of guanidine groups is 1. The van der Waals surface area contributed by atoms with Crippen molar-refractivity contribution in [3.63, 3.8) is 0 Å². The Morgan fingerprint density at radius 2 is 1.85 bits per heavy atom. The molecular weight excluding hydrogens is 324 g/mol. The van der Waals surface area contributed by atoms with E-state index >= 15 is 0 Å². The van der Waals surface area contributed by atoms with Crippen molar-refractivity contribution in [2.75, 3.05) is 32.7 Å². The molecule has 1 saturated heterocycles. The van der Waals surface area contributed by atoms with Gasteiger partial charge in [-0.15, -0.1) is 0 Å². The highest BCUT2D eigenvalue weighted by molar-refractivity contribution is 5.86. The van der Waals surface area contributed by atoms with Gasteiger partial charge in [0.1, 0.15) is 6.54 Å². The Labute approximate surface area is 155 Å². The third kappa shape index (κ3) is 4.75. The molecule has 0 atom stereocenters. The van der Waals surface area contributed by atoms with E-state index < -0.39 is 0 Å². The average Bonchev–Trinajstić information content (AvgIpc) is 3.21. The fourth-order valence-corrected chi connectivity index (χ4v) is 3.38. The molecule has 0 aliphatic carbocycles. The lowest BCUT2D eigenvalue weighted by Gasteiger charge is -2.15. The lowest BCUT2D eigenvalue weighted by Crippen LogP contribution is -2.39. The summed E-state index contributed by atoms with van der Waals surface area (Å²) in [5.74, 6) is 0.828. The maximum atomic E-state index is 12.2. The SMILES string of the molecule is CCNC(=NCC(=O)N1CCCC1)NCCc1cccc2ccccc12.